The van der Waals surface area contributed by atoms with Gasteiger partial charge in [0.15, 0.2) is 5.82 Å². The number of nitrogens with two attached hydrogens (primary N) is 1. The van der Waals surface area contributed by atoms with Gasteiger partial charge in [-0.2, -0.15) is 0 Å². The summed E-state index contributed by atoms with van der Waals surface area (Å²) in [4.78, 5) is 73.2. The third-order valence-electron chi connectivity index (χ3n) is 10.2. The number of anilines is 4. The number of nitrogen functional groups attached to an aromatic ring is 1. The summed E-state index contributed by atoms with van der Waals surface area (Å²) in [7, 11) is 0. The topological polar surface area (TPSA) is 250 Å². The Bertz CT molecular complexity index is 2620. The molecule has 0 spiro atoms. The highest BCUT2D eigenvalue weighted by Gasteiger charge is 2.40. The molecule has 6 aromatic rings. The Labute approximate surface area is 336 Å². The molecule has 1 saturated heterocycles. The second-order valence-electron chi connectivity index (χ2n) is 15.5. The fourth-order valence-corrected chi connectivity index (χ4v) is 7.24. The van der Waals surface area contributed by atoms with Crippen LogP contribution in [0.5, 0.6) is 0 Å². The van der Waals surface area contributed by atoms with Gasteiger partial charge in [-0.25, -0.2) is 19.4 Å². The van der Waals surface area contributed by atoms with Crippen LogP contribution in [0.3, 0.4) is 0 Å². The average molecular weight is 800 g/mol. The number of piperidine rings is 1. The summed E-state index contributed by atoms with van der Waals surface area (Å²) in [5, 5.41) is 23.7. The standard InChI is InChI=1S/C40H41N13O6/c1-40(2,3)30-16-31(49-59-30)46-39(58)44-23-11-9-22(10-12-23)26-18-51(36-34(26)35(41)42-21-43-36)15-5-6-24-17-52(50-48-24)20-33(55)45-28-8-4-7-25-27(28)19-53(38(25)57)29-13-14-32(54)47-37(29)56/h4,7-12,16-18,21,29H,5-6,13-15,19-20H2,1-3H3,(H,45,55)(H2,41,42,43)(H,47,54,56)(H2,44,46,49,58). The second kappa shape index (κ2) is 15.5. The lowest BCUT2D eigenvalue weighted by Crippen LogP contribution is -2.52. The van der Waals surface area contributed by atoms with E-state index in [0.29, 0.717) is 76.0 Å². The number of aromatic nitrogens is 7. The van der Waals surface area contributed by atoms with Gasteiger partial charge < -0.3 is 30.4 Å². The van der Waals surface area contributed by atoms with Crippen molar-refractivity contribution in [2.75, 3.05) is 21.7 Å². The van der Waals surface area contributed by atoms with Crippen LogP contribution in [0.25, 0.3) is 22.2 Å². The van der Waals surface area contributed by atoms with Crippen molar-refractivity contribution in [3.8, 4) is 11.1 Å². The van der Waals surface area contributed by atoms with Gasteiger partial charge in [0.25, 0.3) is 5.91 Å². The maximum absolute atomic E-state index is 13.2. The van der Waals surface area contributed by atoms with Gasteiger partial charge in [0.2, 0.25) is 17.7 Å². The lowest BCUT2D eigenvalue weighted by Gasteiger charge is -2.29. The smallest absolute Gasteiger partial charge is 0.324 e. The minimum absolute atomic E-state index is 0.109. The number of nitrogens with zero attached hydrogens (tertiary/aromatic N) is 8. The number of imide groups is 1. The summed E-state index contributed by atoms with van der Waals surface area (Å²) < 4.78 is 8.80. The van der Waals surface area contributed by atoms with Gasteiger partial charge >= 0.3 is 6.03 Å². The van der Waals surface area contributed by atoms with Crippen LogP contribution < -0.4 is 27.0 Å². The molecule has 2 aliphatic heterocycles. The van der Waals surface area contributed by atoms with Crippen LogP contribution in [0.1, 0.15) is 67.4 Å². The van der Waals surface area contributed by atoms with Gasteiger partial charge in [-0.05, 0) is 49.1 Å². The zero-order valence-corrected chi connectivity index (χ0v) is 32.5. The highest BCUT2D eigenvalue weighted by atomic mass is 16.5. The maximum atomic E-state index is 13.2. The third-order valence-corrected chi connectivity index (χ3v) is 10.2. The zero-order valence-electron chi connectivity index (χ0n) is 32.5. The van der Waals surface area contributed by atoms with Gasteiger partial charge in [0, 0.05) is 71.5 Å². The predicted molar refractivity (Wildman–Crippen MR) is 215 cm³/mol. The first kappa shape index (κ1) is 38.4. The molecular weight excluding hydrogens is 759 g/mol. The first-order valence-corrected chi connectivity index (χ1v) is 19.0. The van der Waals surface area contributed by atoms with E-state index in [1.54, 1.807) is 42.6 Å². The van der Waals surface area contributed by atoms with E-state index in [9.17, 15) is 24.0 Å². The number of hydrogen-bond donors (Lipinski definition) is 5. The summed E-state index contributed by atoms with van der Waals surface area (Å²) in [5.74, 6) is -0.233. The summed E-state index contributed by atoms with van der Waals surface area (Å²) >= 11 is 0. The molecule has 0 aliphatic carbocycles. The number of nitrogens with one attached hydrogen (secondary N) is 4. The molecule has 19 nitrogen and oxygen atoms in total. The number of rotatable bonds is 11. The molecule has 302 valence electrons. The van der Waals surface area contributed by atoms with Gasteiger partial charge in [0.05, 0.1) is 11.1 Å². The quantitative estimate of drug-likeness (QED) is 0.116. The predicted octanol–water partition coefficient (Wildman–Crippen LogP) is 4.23. The minimum Gasteiger partial charge on any atom is -0.383 e. The molecule has 8 rings (SSSR count). The third kappa shape index (κ3) is 8.07. The van der Waals surface area contributed by atoms with Gasteiger partial charge in [-0.3, -0.25) is 29.8 Å². The van der Waals surface area contributed by atoms with Crippen LogP contribution >= 0.6 is 0 Å². The summed E-state index contributed by atoms with van der Waals surface area (Å²) in [6, 6.07) is 12.9. The molecule has 4 aromatic heterocycles. The largest absolute Gasteiger partial charge is 0.383 e. The number of carbonyl (C=O) groups excluding carboxylic acids is 5. The monoisotopic (exact) mass is 799 g/mol. The number of aryl methyl sites for hydroxylation is 2. The van der Waals surface area contributed by atoms with Crippen molar-refractivity contribution in [2.45, 2.75) is 77.5 Å². The Morgan fingerprint density at radius 2 is 1.81 bits per heavy atom. The highest BCUT2D eigenvalue weighted by Crippen LogP contribution is 2.34. The molecular formula is C40H41N13O6. The molecule has 1 atom stereocenters. The first-order chi connectivity index (χ1) is 28.3. The Morgan fingerprint density at radius 3 is 2.58 bits per heavy atom. The van der Waals surface area contributed by atoms with Gasteiger partial charge in [-0.15, -0.1) is 5.10 Å². The minimum atomic E-state index is -0.757. The molecule has 59 heavy (non-hydrogen) atoms. The van der Waals surface area contributed by atoms with E-state index in [4.69, 9.17) is 10.3 Å². The highest BCUT2D eigenvalue weighted by molar-refractivity contribution is 6.07. The first-order valence-electron chi connectivity index (χ1n) is 19.0. The van der Waals surface area contributed by atoms with Gasteiger partial charge in [-0.1, -0.05) is 49.3 Å². The molecule has 0 bridgehead atoms. The van der Waals surface area contributed by atoms with E-state index >= 15 is 0 Å². The molecule has 6 N–H and O–H groups in total. The molecule has 6 heterocycles. The van der Waals surface area contributed by atoms with Crippen molar-refractivity contribution < 1.29 is 28.5 Å². The molecule has 0 radical (unpaired) electrons. The van der Waals surface area contributed by atoms with E-state index in [0.717, 1.165) is 11.1 Å². The molecule has 1 unspecified atom stereocenters. The second-order valence-corrected chi connectivity index (χ2v) is 15.5. The number of hydrogen-bond acceptors (Lipinski definition) is 12. The fraction of sp³-hybridized carbons (Fsp3) is 0.300. The Kier molecular flexibility index (Phi) is 10.1. The van der Waals surface area contributed by atoms with Crippen molar-refractivity contribution in [1.29, 1.82) is 0 Å². The average Bonchev–Trinajstić information content (AvgIpc) is 3.99. The molecule has 2 aromatic carbocycles. The Balaban J connectivity index is 0.868. The Hall–Kier alpha value is -7.44. The van der Waals surface area contributed by atoms with E-state index in [-0.39, 0.29) is 49.1 Å². The maximum Gasteiger partial charge on any atom is 0.324 e. The van der Waals surface area contributed by atoms with E-state index < -0.39 is 18.0 Å². The number of fused-ring (bicyclic) bond motifs is 2. The van der Waals surface area contributed by atoms with Crippen LogP contribution in [0.15, 0.2) is 71.8 Å². The summed E-state index contributed by atoms with van der Waals surface area (Å²) in [6.45, 7) is 6.57. The summed E-state index contributed by atoms with van der Waals surface area (Å²) in [5.41, 5.74) is 11.2. The van der Waals surface area contributed by atoms with Gasteiger partial charge in [0.1, 0.15) is 36.1 Å². The van der Waals surface area contributed by atoms with Crippen molar-refractivity contribution in [2.24, 2.45) is 0 Å². The van der Waals surface area contributed by atoms with Crippen molar-refractivity contribution in [1.82, 2.24) is 44.9 Å². The van der Waals surface area contributed by atoms with Crippen LogP contribution in [-0.2, 0) is 45.9 Å². The SMILES string of the molecule is CC(C)(C)c1cc(NC(=O)Nc2ccc(-c3cn(CCCc4cn(CC(=O)Nc5cccc6c5CN(C5CCC(=O)NC5=O)C6=O)nn4)c4ncnc(N)c34)cc2)no1. The van der Waals surface area contributed by atoms with Crippen molar-refractivity contribution in [3.05, 3.63) is 89.8 Å². The summed E-state index contributed by atoms with van der Waals surface area (Å²) in [6.07, 6.45) is 6.75. The van der Waals surface area contributed by atoms with E-state index in [1.807, 2.05) is 43.7 Å². The lowest BCUT2D eigenvalue weighted by molar-refractivity contribution is -0.137. The van der Waals surface area contributed by atoms with E-state index in [1.165, 1.54) is 15.9 Å². The zero-order chi connectivity index (χ0) is 41.4. The molecule has 6 amide bonds. The number of amides is 6. The molecule has 2 aliphatic rings. The fourth-order valence-electron chi connectivity index (χ4n) is 7.24. The lowest BCUT2D eigenvalue weighted by atomic mass is 9.93. The number of benzene rings is 2. The Morgan fingerprint density at radius 1 is 1.00 bits per heavy atom. The number of urea groups is 1. The number of carbonyl (C=O) groups is 5. The van der Waals surface area contributed by atoms with Crippen LogP contribution in [0, 0.1) is 0 Å². The molecule has 19 heteroatoms. The van der Waals surface area contributed by atoms with Crippen LogP contribution in [0.2, 0.25) is 0 Å². The van der Waals surface area contributed by atoms with Crippen LogP contribution in [-0.4, -0.2) is 75.3 Å². The van der Waals surface area contributed by atoms with Crippen molar-refractivity contribution in [3.63, 3.8) is 0 Å². The van der Waals surface area contributed by atoms with Crippen LogP contribution in [0.4, 0.5) is 27.8 Å². The van der Waals surface area contributed by atoms with E-state index in [2.05, 4.69) is 46.7 Å². The normalized spacial score (nSPS) is 15.3. The molecule has 1 fully saturated rings. The van der Waals surface area contributed by atoms with Crippen molar-refractivity contribution >= 4 is 63.7 Å². The molecule has 0 saturated carbocycles.